The third kappa shape index (κ3) is 11.5. The van der Waals surface area contributed by atoms with Crippen molar-refractivity contribution in [2.45, 2.75) is 72.0 Å². The number of imidazole rings is 1. The molecule has 15 nitrogen and oxygen atoms in total. The second kappa shape index (κ2) is 17.9. The largest absolute Gasteiger partial charge is 0.474 e. The van der Waals surface area contributed by atoms with E-state index >= 15 is 0 Å². The molecule has 0 aliphatic carbocycles. The number of fused-ring (bicyclic) bond motifs is 1. The average Bonchev–Trinajstić information content (AvgIpc) is 3.33. The van der Waals surface area contributed by atoms with E-state index in [0.29, 0.717) is 17.8 Å². The van der Waals surface area contributed by atoms with Gasteiger partial charge in [-0.25, -0.2) is 15.2 Å². The van der Waals surface area contributed by atoms with Crippen LogP contribution in [0.5, 0.6) is 5.88 Å². The number of nitrogens with zero attached hydrogens (tertiary/aromatic N) is 4. The van der Waals surface area contributed by atoms with E-state index in [4.69, 9.17) is 29.4 Å². The number of nitrogens with two attached hydrogens (primary N) is 1. The van der Waals surface area contributed by atoms with Crippen LogP contribution >= 0.6 is 7.44 Å². The summed E-state index contributed by atoms with van der Waals surface area (Å²) in [7, 11) is -2.07. The van der Waals surface area contributed by atoms with Crippen molar-refractivity contribution < 1.29 is 37.8 Å². The maximum atomic E-state index is 13.8. The number of anilines is 1. The number of ether oxygens (including phenoxy) is 5. The minimum Gasteiger partial charge on any atom is -0.474 e. The minimum atomic E-state index is -3.63. The number of carbonyl (C=O) groups excluding carboxylic acids is 2. The van der Waals surface area contributed by atoms with Crippen LogP contribution in [0.25, 0.3) is 11.2 Å². The van der Waals surface area contributed by atoms with Crippen LogP contribution in [0.2, 0.25) is 0 Å². The molecule has 0 aliphatic heterocycles. The van der Waals surface area contributed by atoms with Crippen LogP contribution in [0.4, 0.5) is 5.95 Å². The maximum Gasteiger partial charge on any atom is 0.323 e. The summed E-state index contributed by atoms with van der Waals surface area (Å²) in [5, 5.41) is 5.58. The van der Waals surface area contributed by atoms with Crippen LogP contribution in [0, 0.1) is 0 Å². The molecule has 0 saturated heterocycles. The van der Waals surface area contributed by atoms with Crippen molar-refractivity contribution in [3.8, 4) is 5.88 Å². The van der Waals surface area contributed by atoms with Gasteiger partial charge < -0.3 is 34.0 Å². The SMILES string of the molecule is CCCCOC(=O)[C@H](C)NP(=O)(COCCn1cnc2c(OCCOC)nc(N)nc21)N[C@@H](C)C(=O)OCCCC. The van der Waals surface area contributed by atoms with E-state index in [9.17, 15) is 14.2 Å². The van der Waals surface area contributed by atoms with Crippen molar-refractivity contribution in [3.05, 3.63) is 6.33 Å². The number of rotatable bonds is 21. The van der Waals surface area contributed by atoms with Crippen molar-refractivity contribution >= 4 is 36.5 Å². The predicted octanol–water partition coefficient (Wildman–Crippen LogP) is 2.24. The molecule has 41 heavy (non-hydrogen) atoms. The lowest BCUT2D eigenvalue weighted by atomic mass is 10.3. The Labute approximate surface area is 240 Å². The first-order valence-corrected chi connectivity index (χ1v) is 15.7. The van der Waals surface area contributed by atoms with Gasteiger partial charge in [-0.1, -0.05) is 26.7 Å². The monoisotopic (exact) mass is 601 g/mol. The summed E-state index contributed by atoms with van der Waals surface area (Å²) in [6.45, 7) is 8.60. The fourth-order valence-corrected chi connectivity index (χ4v) is 5.58. The molecule has 0 amide bonds. The quantitative estimate of drug-likeness (QED) is 0.107. The molecular formula is C25H44N7O8P. The predicted molar refractivity (Wildman–Crippen MR) is 152 cm³/mol. The normalized spacial score (nSPS) is 13.2. The van der Waals surface area contributed by atoms with Gasteiger partial charge in [0, 0.05) is 13.7 Å². The number of aromatic nitrogens is 4. The zero-order valence-corrected chi connectivity index (χ0v) is 25.5. The van der Waals surface area contributed by atoms with E-state index < -0.39 is 31.5 Å². The third-order valence-electron chi connectivity index (χ3n) is 5.72. The van der Waals surface area contributed by atoms with Crippen molar-refractivity contribution in [1.82, 2.24) is 29.7 Å². The van der Waals surface area contributed by atoms with Crippen LogP contribution in [-0.2, 0) is 39.6 Å². The van der Waals surface area contributed by atoms with Crippen LogP contribution < -0.4 is 20.6 Å². The molecule has 2 aromatic heterocycles. The van der Waals surface area contributed by atoms with Crippen LogP contribution in [0.1, 0.15) is 53.4 Å². The molecule has 2 atom stereocenters. The van der Waals surface area contributed by atoms with Gasteiger partial charge in [-0.05, 0) is 26.7 Å². The van der Waals surface area contributed by atoms with Crippen LogP contribution in [0.15, 0.2) is 6.33 Å². The summed E-state index contributed by atoms with van der Waals surface area (Å²) >= 11 is 0. The van der Waals surface area contributed by atoms with E-state index in [0.717, 1.165) is 25.7 Å². The number of hydrogen-bond acceptors (Lipinski definition) is 12. The van der Waals surface area contributed by atoms with E-state index in [-0.39, 0.29) is 51.1 Å². The lowest BCUT2D eigenvalue weighted by Crippen LogP contribution is -2.43. The Morgan fingerprint density at radius 3 is 2.15 bits per heavy atom. The number of unbranched alkanes of at least 4 members (excludes halogenated alkanes) is 2. The highest BCUT2D eigenvalue weighted by atomic mass is 31.2. The first kappa shape index (κ1) is 34.4. The smallest absolute Gasteiger partial charge is 0.323 e. The zero-order valence-electron chi connectivity index (χ0n) is 24.6. The Morgan fingerprint density at radius 2 is 1.59 bits per heavy atom. The number of nitrogens with one attached hydrogen (secondary N) is 2. The van der Waals surface area contributed by atoms with Crippen molar-refractivity contribution in [2.24, 2.45) is 0 Å². The molecule has 16 heteroatoms. The molecule has 2 aromatic rings. The van der Waals surface area contributed by atoms with Gasteiger partial charge in [-0.3, -0.25) is 14.2 Å². The highest BCUT2D eigenvalue weighted by molar-refractivity contribution is 7.59. The Morgan fingerprint density at radius 1 is 0.976 bits per heavy atom. The summed E-state index contributed by atoms with van der Waals surface area (Å²) in [4.78, 5) is 37.5. The lowest BCUT2D eigenvalue weighted by Gasteiger charge is -2.26. The highest BCUT2D eigenvalue weighted by Crippen LogP contribution is 2.37. The number of methoxy groups -OCH3 is 1. The maximum absolute atomic E-state index is 13.8. The molecule has 0 fully saturated rings. The van der Waals surface area contributed by atoms with Crippen LogP contribution in [-0.4, -0.2) is 90.0 Å². The zero-order chi connectivity index (χ0) is 30.3. The van der Waals surface area contributed by atoms with Gasteiger partial charge in [0.1, 0.15) is 25.0 Å². The second-order valence-corrected chi connectivity index (χ2v) is 11.6. The number of carbonyl (C=O) groups is 2. The first-order valence-electron chi connectivity index (χ1n) is 13.8. The Hall–Kier alpha value is -2.84. The minimum absolute atomic E-state index is 0.0186. The molecule has 0 aliphatic rings. The third-order valence-corrected chi connectivity index (χ3v) is 7.88. The van der Waals surface area contributed by atoms with Gasteiger partial charge in [0.25, 0.3) is 0 Å². The molecule has 0 unspecified atom stereocenters. The topological polar surface area (TPSA) is 191 Å². The molecule has 2 rings (SSSR count). The summed E-state index contributed by atoms with van der Waals surface area (Å²) in [5.74, 6) is -0.847. The fourth-order valence-electron chi connectivity index (χ4n) is 3.50. The lowest BCUT2D eigenvalue weighted by molar-refractivity contribution is -0.145. The Bertz CT molecular complexity index is 1110. The molecule has 4 N–H and O–H groups in total. The van der Waals surface area contributed by atoms with Gasteiger partial charge in [0.2, 0.25) is 19.3 Å². The second-order valence-electron chi connectivity index (χ2n) is 9.36. The van der Waals surface area contributed by atoms with E-state index in [1.54, 1.807) is 31.9 Å². The number of nitrogen functional groups attached to an aromatic ring is 1. The van der Waals surface area contributed by atoms with Crippen molar-refractivity contribution in [3.63, 3.8) is 0 Å². The van der Waals surface area contributed by atoms with Gasteiger partial charge in [0.15, 0.2) is 11.2 Å². The molecule has 0 aromatic carbocycles. The molecule has 0 radical (unpaired) electrons. The molecule has 232 valence electrons. The Balaban J connectivity index is 2.06. The molecule has 0 bridgehead atoms. The van der Waals surface area contributed by atoms with Gasteiger partial charge in [-0.15, -0.1) is 0 Å². The summed E-state index contributed by atoms with van der Waals surface area (Å²) in [5.41, 5.74) is 6.72. The van der Waals surface area contributed by atoms with Crippen molar-refractivity contribution in [2.75, 3.05) is 52.2 Å². The van der Waals surface area contributed by atoms with Crippen molar-refractivity contribution in [1.29, 1.82) is 0 Å². The summed E-state index contributed by atoms with van der Waals surface area (Å²) in [6.07, 6.45) is 4.41. The van der Waals surface area contributed by atoms with Gasteiger partial charge in [-0.2, -0.15) is 9.97 Å². The molecule has 0 spiro atoms. The number of esters is 2. The number of hydrogen-bond donors (Lipinski definition) is 3. The Kier molecular flexibility index (Phi) is 15.0. The fraction of sp³-hybridized carbons (Fsp3) is 0.720. The van der Waals surface area contributed by atoms with E-state index in [2.05, 4.69) is 25.1 Å². The highest BCUT2D eigenvalue weighted by Gasteiger charge is 2.32. The molecule has 2 heterocycles. The summed E-state index contributed by atoms with van der Waals surface area (Å²) in [6, 6.07) is -1.82. The molecule has 0 saturated carbocycles. The van der Waals surface area contributed by atoms with Crippen LogP contribution in [0.3, 0.4) is 0 Å². The first-order chi connectivity index (χ1) is 19.6. The van der Waals surface area contributed by atoms with E-state index in [1.165, 1.54) is 0 Å². The van der Waals surface area contributed by atoms with Gasteiger partial charge >= 0.3 is 11.9 Å². The average molecular weight is 602 g/mol. The van der Waals surface area contributed by atoms with Gasteiger partial charge in [0.05, 0.1) is 32.8 Å². The van der Waals surface area contributed by atoms with E-state index in [1.807, 2.05) is 13.8 Å². The molecular weight excluding hydrogens is 557 g/mol. The standard InChI is InChI=1S/C25H44N7O8P/c1-6-8-11-39-23(33)18(3)30-41(35,31-19(4)24(34)40-12-9-7-2)17-37-13-10-32-16-27-20-21(32)28-25(26)29-22(20)38-15-14-36-5/h16,18-19H,6-15,17H2,1-5H3,(H2,26,28,29)(H2,30,31,35)/t18-,19-/m0/s1. The summed E-state index contributed by atoms with van der Waals surface area (Å²) < 4.78 is 42.4.